The van der Waals surface area contributed by atoms with E-state index in [4.69, 9.17) is 21.1 Å². The summed E-state index contributed by atoms with van der Waals surface area (Å²) in [7, 11) is 6.67. The Morgan fingerprint density at radius 1 is 1.06 bits per heavy atom. The molecular formula is C36H36ClN7O5. The van der Waals surface area contributed by atoms with E-state index in [-0.39, 0.29) is 41.0 Å². The second-order valence-corrected chi connectivity index (χ2v) is 12.4. The van der Waals surface area contributed by atoms with Crippen LogP contribution in [0, 0.1) is 11.3 Å². The van der Waals surface area contributed by atoms with Crippen molar-refractivity contribution >= 4 is 23.5 Å². The van der Waals surface area contributed by atoms with Gasteiger partial charge in [-0.15, -0.1) is 0 Å². The first-order valence-electron chi connectivity index (χ1n) is 15.4. The summed E-state index contributed by atoms with van der Waals surface area (Å²) in [6.45, 7) is 4.16. The molecule has 0 bridgehead atoms. The molecule has 1 N–H and O–H groups in total. The molecule has 3 aromatic heterocycles. The topological polar surface area (TPSA) is 148 Å². The Kier molecular flexibility index (Phi) is 10.3. The van der Waals surface area contributed by atoms with E-state index in [9.17, 15) is 20.0 Å². The predicted octanol–water partition coefficient (Wildman–Crippen LogP) is 5.68. The van der Waals surface area contributed by atoms with Gasteiger partial charge in [-0.3, -0.25) is 4.79 Å². The number of halogens is 1. The highest BCUT2D eigenvalue weighted by atomic mass is 35.5. The van der Waals surface area contributed by atoms with Crippen LogP contribution in [-0.2, 0) is 13.0 Å². The van der Waals surface area contributed by atoms with Crippen LogP contribution in [0.1, 0.15) is 69.7 Å². The molecule has 0 amide bonds. The van der Waals surface area contributed by atoms with E-state index in [0.717, 1.165) is 11.1 Å². The van der Waals surface area contributed by atoms with E-state index in [0.29, 0.717) is 39.8 Å². The van der Waals surface area contributed by atoms with Gasteiger partial charge >= 0.3 is 5.97 Å². The van der Waals surface area contributed by atoms with Crippen molar-refractivity contribution in [1.29, 1.82) is 5.26 Å². The zero-order valence-electron chi connectivity index (χ0n) is 28.0. The fourth-order valence-corrected chi connectivity index (χ4v) is 6.02. The van der Waals surface area contributed by atoms with Gasteiger partial charge in [0, 0.05) is 31.8 Å². The second kappa shape index (κ2) is 14.6. The SMILES string of the molecule is COc1ccc(Cn2cc(CC(c3ccc(C#N)cc3)c3c(C(=O)O)nn(-c4cnc(N(C)C)nc4OC)c3C(C)C)cc(Cl)c2=O)cc1. The molecule has 2 aromatic carbocycles. The summed E-state index contributed by atoms with van der Waals surface area (Å²) >= 11 is 6.53. The molecule has 0 radical (unpaired) electrons. The third kappa shape index (κ3) is 7.27. The summed E-state index contributed by atoms with van der Waals surface area (Å²) in [5, 5.41) is 24.7. The van der Waals surface area contributed by atoms with Gasteiger partial charge in [0.2, 0.25) is 11.8 Å². The van der Waals surface area contributed by atoms with Crippen LogP contribution in [0.2, 0.25) is 5.02 Å². The quantitative estimate of drug-likeness (QED) is 0.174. The molecule has 0 aliphatic carbocycles. The Hall–Kier alpha value is -5.67. The van der Waals surface area contributed by atoms with Crippen LogP contribution < -0.4 is 19.9 Å². The number of carbonyl (C=O) groups is 1. The molecule has 0 aliphatic heterocycles. The molecule has 1 atom stereocenters. The molecule has 0 fully saturated rings. The van der Waals surface area contributed by atoms with Crippen molar-refractivity contribution < 1.29 is 19.4 Å². The van der Waals surface area contributed by atoms with Crippen LogP contribution in [0.4, 0.5) is 5.95 Å². The van der Waals surface area contributed by atoms with Crippen molar-refractivity contribution in [3.8, 4) is 23.4 Å². The van der Waals surface area contributed by atoms with Gasteiger partial charge in [0.1, 0.15) is 16.5 Å². The first-order chi connectivity index (χ1) is 23.4. The summed E-state index contributed by atoms with van der Waals surface area (Å²) in [5.41, 5.74) is 3.72. The minimum absolute atomic E-state index is 0.0330. The molecule has 3 heterocycles. The van der Waals surface area contributed by atoms with Crippen LogP contribution in [0.5, 0.6) is 11.6 Å². The molecule has 13 heteroatoms. The number of nitrogens with zero attached hydrogens (tertiary/aromatic N) is 7. The number of rotatable bonds is 12. The first-order valence-corrected chi connectivity index (χ1v) is 15.8. The highest BCUT2D eigenvalue weighted by Gasteiger charge is 2.33. The number of hydrogen-bond donors (Lipinski definition) is 1. The standard InChI is InChI=1S/C36H36ClN7O5/c1-21(2)32-30(31(35(46)47)41-44(32)29-18-39-36(42(3)4)40-33(29)49-6)27(25-11-7-22(17-38)8-12-25)15-24-16-28(37)34(45)43(20-24)19-23-9-13-26(48-5)14-10-23/h7-14,16,18,20-21,27H,15,19H2,1-6H3,(H,46,47). The van der Waals surface area contributed by atoms with E-state index in [1.807, 2.05) is 38.1 Å². The lowest BCUT2D eigenvalue weighted by Gasteiger charge is -2.22. The van der Waals surface area contributed by atoms with E-state index in [2.05, 4.69) is 21.1 Å². The second-order valence-electron chi connectivity index (χ2n) is 11.9. The molecular weight excluding hydrogens is 646 g/mol. The Morgan fingerprint density at radius 2 is 1.76 bits per heavy atom. The van der Waals surface area contributed by atoms with Crippen molar-refractivity contribution in [2.24, 2.45) is 0 Å². The highest BCUT2D eigenvalue weighted by Crippen LogP contribution is 2.39. The number of pyridine rings is 1. The maximum atomic E-state index is 13.2. The number of benzene rings is 2. The van der Waals surface area contributed by atoms with Crippen molar-refractivity contribution in [3.63, 3.8) is 0 Å². The smallest absolute Gasteiger partial charge is 0.356 e. The van der Waals surface area contributed by atoms with Gasteiger partial charge in [0.25, 0.3) is 5.56 Å². The highest BCUT2D eigenvalue weighted by molar-refractivity contribution is 6.30. The Balaban J connectivity index is 1.71. The lowest BCUT2D eigenvalue weighted by molar-refractivity contribution is 0.0688. The lowest BCUT2D eigenvalue weighted by atomic mass is 9.82. The van der Waals surface area contributed by atoms with Gasteiger partial charge in [0.15, 0.2) is 5.69 Å². The van der Waals surface area contributed by atoms with E-state index in [1.165, 1.54) is 16.4 Å². The van der Waals surface area contributed by atoms with E-state index < -0.39 is 11.9 Å². The van der Waals surface area contributed by atoms with Gasteiger partial charge in [-0.1, -0.05) is 49.7 Å². The van der Waals surface area contributed by atoms with Crippen LogP contribution in [-0.4, -0.2) is 63.7 Å². The number of carboxylic acids is 1. The van der Waals surface area contributed by atoms with E-state index >= 15 is 0 Å². The number of hydrogen-bond acceptors (Lipinski definition) is 9. The summed E-state index contributed by atoms with van der Waals surface area (Å²) in [4.78, 5) is 36.8. The maximum Gasteiger partial charge on any atom is 0.356 e. The van der Waals surface area contributed by atoms with Crippen molar-refractivity contribution in [1.82, 2.24) is 24.3 Å². The predicted molar refractivity (Wildman–Crippen MR) is 186 cm³/mol. The molecule has 12 nitrogen and oxygen atoms in total. The molecule has 5 aromatic rings. The molecule has 0 aliphatic rings. The summed E-state index contributed by atoms with van der Waals surface area (Å²) in [6, 6.07) is 18.1. The monoisotopic (exact) mass is 681 g/mol. The fourth-order valence-electron chi connectivity index (χ4n) is 5.77. The normalized spacial score (nSPS) is 11.7. The largest absolute Gasteiger partial charge is 0.497 e. The Bertz CT molecular complexity index is 2080. The van der Waals surface area contributed by atoms with Crippen LogP contribution >= 0.6 is 11.6 Å². The molecule has 0 saturated heterocycles. The van der Waals surface area contributed by atoms with Crippen molar-refractivity contribution in [2.75, 3.05) is 33.2 Å². The van der Waals surface area contributed by atoms with Gasteiger partial charge in [-0.25, -0.2) is 14.5 Å². The molecule has 0 spiro atoms. The average molecular weight is 682 g/mol. The minimum atomic E-state index is -1.22. The number of aromatic carboxylic acids is 1. The fraction of sp³-hybridized carbons (Fsp3) is 0.278. The Labute approximate surface area is 288 Å². The Morgan fingerprint density at radius 3 is 2.33 bits per heavy atom. The molecule has 5 rings (SSSR count). The number of ether oxygens (including phenoxy) is 2. The minimum Gasteiger partial charge on any atom is -0.497 e. The third-order valence-electron chi connectivity index (χ3n) is 8.09. The van der Waals surface area contributed by atoms with Crippen LogP contribution in [0.3, 0.4) is 0 Å². The number of anilines is 1. The molecule has 1 unspecified atom stereocenters. The summed E-state index contributed by atoms with van der Waals surface area (Å²) in [6.07, 6.45) is 3.56. The lowest BCUT2D eigenvalue weighted by Crippen LogP contribution is -2.22. The number of carboxylic acid groups (broad SMARTS) is 1. The molecule has 0 saturated carbocycles. The van der Waals surface area contributed by atoms with Gasteiger partial charge < -0.3 is 24.0 Å². The third-order valence-corrected chi connectivity index (χ3v) is 8.37. The summed E-state index contributed by atoms with van der Waals surface area (Å²) in [5.74, 6) is -0.694. The molecule has 252 valence electrons. The van der Waals surface area contributed by atoms with Gasteiger partial charge in [-0.2, -0.15) is 15.3 Å². The number of nitriles is 1. The molecule has 49 heavy (non-hydrogen) atoms. The van der Waals surface area contributed by atoms with Crippen LogP contribution in [0.25, 0.3) is 5.69 Å². The number of aromatic nitrogens is 5. The van der Waals surface area contributed by atoms with E-state index in [1.54, 1.807) is 68.8 Å². The first kappa shape index (κ1) is 34.7. The zero-order valence-corrected chi connectivity index (χ0v) is 28.8. The van der Waals surface area contributed by atoms with Gasteiger partial charge in [0.05, 0.1) is 44.3 Å². The van der Waals surface area contributed by atoms with Crippen LogP contribution in [0.15, 0.2) is 71.8 Å². The van der Waals surface area contributed by atoms with Gasteiger partial charge in [-0.05, 0) is 59.4 Å². The average Bonchev–Trinajstić information content (AvgIpc) is 3.50. The summed E-state index contributed by atoms with van der Waals surface area (Å²) < 4.78 is 14.0. The number of methoxy groups -OCH3 is 2. The van der Waals surface area contributed by atoms with Crippen molar-refractivity contribution in [3.05, 3.63) is 122 Å². The van der Waals surface area contributed by atoms with Crippen molar-refractivity contribution in [2.45, 2.75) is 38.6 Å². The maximum absolute atomic E-state index is 13.2. The zero-order chi connectivity index (χ0) is 35.4.